The van der Waals surface area contributed by atoms with E-state index in [1.54, 1.807) is 25.1 Å². The molecule has 1 N–H and O–H groups in total. The molecule has 1 aromatic rings. The number of halogens is 1. The maximum Gasteiger partial charge on any atom is 0.338 e. The Hall–Kier alpha value is -1.40. The first-order valence-electron chi connectivity index (χ1n) is 5.84. The van der Waals surface area contributed by atoms with Crippen LogP contribution in [0, 0.1) is 0 Å². The molecule has 0 spiro atoms. The average Bonchev–Trinajstić information content (AvgIpc) is 2.39. The number of carbonyl (C=O) groups excluding carboxylic acids is 2. The molecule has 5 nitrogen and oxygen atoms in total. The van der Waals surface area contributed by atoms with Crippen LogP contribution in [0.2, 0.25) is 0 Å². The van der Waals surface area contributed by atoms with E-state index in [9.17, 15) is 9.59 Å². The molecule has 0 aromatic heterocycles. The second-order valence-electron chi connectivity index (χ2n) is 3.71. The molecular weight excluding hydrogens is 314 g/mol. The summed E-state index contributed by atoms with van der Waals surface area (Å²) in [6.45, 7) is 2.44. The Balaban J connectivity index is 2.72. The van der Waals surface area contributed by atoms with Gasteiger partial charge in [0.25, 0.3) is 0 Å². The maximum absolute atomic E-state index is 11.5. The highest BCUT2D eigenvalue weighted by molar-refractivity contribution is 9.10. The zero-order valence-electron chi connectivity index (χ0n) is 10.9. The molecule has 19 heavy (non-hydrogen) atoms. The number of hydrogen-bond donors (Lipinski definition) is 1. The van der Waals surface area contributed by atoms with Gasteiger partial charge in [0.15, 0.2) is 0 Å². The van der Waals surface area contributed by atoms with Crippen LogP contribution in [0.15, 0.2) is 22.7 Å². The van der Waals surface area contributed by atoms with Gasteiger partial charge in [-0.25, -0.2) is 4.79 Å². The zero-order valence-corrected chi connectivity index (χ0v) is 12.5. The van der Waals surface area contributed by atoms with Crippen molar-refractivity contribution in [3.63, 3.8) is 0 Å². The normalized spacial score (nSPS) is 10.1. The topological polar surface area (TPSA) is 64.6 Å². The van der Waals surface area contributed by atoms with Gasteiger partial charge in [0.1, 0.15) is 0 Å². The highest BCUT2D eigenvalue weighted by Gasteiger charge is 2.10. The highest BCUT2D eigenvalue weighted by atomic mass is 79.9. The van der Waals surface area contributed by atoms with Crippen LogP contribution in [-0.2, 0) is 14.3 Å². The highest BCUT2D eigenvalue weighted by Crippen LogP contribution is 2.24. The molecular formula is C13H16BrNO4. The Bertz CT molecular complexity index is 462. The molecule has 0 unspecified atom stereocenters. The fourth-order valence-electron chi connectivity index (χ4n) is 1.37. The first-order valence-corrected chi connectivity index (χ1v) is 6.63. The third kappa shape index (κ3) is 5.00. The Morgan fingerprint density at radius 3 is 2.68 bits per heavy atom. The van der Waals surface area contributed by atoms with Crippen LogP contribution in [0.25, 0.3) is 0 Å². The summed E-state index contributed by atoms with van der Waals surface area (Å²) >= 11 is 3.31. The van der Waals surface area contributed by atoms with Crippen molar-refractivity contribution in [2.45, 2.75) is 13.3 Å². The second kappa shape index (κ2) is 7.91. The van der Waals surface area contributed by atoms with Crippen molar-refractivity contribution >= 4 is 33.5 Å². The van der Waals surface area contributed by atoms with E-state index in [0.717, 1.165) is 0 Å². The molecule has 0 radical (unpaired) electrons. The van der Waals surface area contributed by atoms with E-state index in [1.165, 1.54) is 7.11 Å². The Labute approximate surface area is 120 Å². The minimum absolute atomic E-state index is 0.147. The van der Waals surface area contributed by atoms with E-state index in [1.807, 2.05) is 0 Å². The number of amides is 1. The molecule has 0 fully saturated rings. The number of methoxy groups -OCH3 is 1. The van der Waals surface area contributed by atoms with Gasteiger partial charge >= 0.3 is 5.97 Å². The minimum Gasteiger partial charge on any atom is -0.462 e. The largest absolute Gasteiger partial charge is 0.462 e. The standard InChI is InChI=1S/C13H16BrNO4/c1-3-19-13(17)9-4-5-11(10(14)8-9)15-12(16)6-7-18-2/h4-5,8H,3,6-7H2,1-2H3,(H,15,16). The van der Waals surface area contributed by atoms with E-state index in [4.69, 9.17) is 9.47 Å². The van der Waals surface area contributed by atoms with Crippen molar-refractivity contribution in [2.75, 3.05) is 25.6 Å². The fraction of sp³-hybridized carbons (Fsp3) is 0.385. The molecule has 0 aliphatic heterocycles. The van der Waals surface area contributed by atoms with E-state index in [2.05, 4.69) is 21.2 Å². The lowest BCUT2D eigenvalue weighted by molar-refractivity contribution is -0.117. The predicted molar refractivity (Wildman–Crippen MR) is 75.2 cm³/mol. The van der Waals surface area contributed by atoms with Crippen LogP contribution in [0.4, 0.5) is 5.69 Å². The summed E-state index contributed by atoms with van der Waals surface area (Å²) in [5.74, 6) is -0.535. The van der Waals surface area contributed by atoms with E-state index < -0.39 is 0 Å². The molecule has 104 valence electrons. The smallest absolute Gasteiger partial charge is 0.338 e. The van der Waals surface area contributed by atoms with Gasteiger partial charge in [-0.15, -0.1) is 0 Å². The number of benzene rings is 1. The van der Waals surface area contributed by atoms with Crippen molar-refractivity contribution in [1.29, 1.82) is 0 Å². The van der Waals surface area contributed by atoms with Crippen molar-refractivity contribution in [3.05, 3.63) is 28.2 Å². The molecule has 1 amide bonds. The summed E-state index contributed by atoms with van der Waals surface area (Å²) in [6.07, 6.45) is 0.280. The lowest BCUT2D eigenvalue weighted by atomic mass is 10.2. The van der Waals surface area contributed by atoms with Crippen LogP contribution in [0.3, 0.4) is 0 Å². The van der Waals surface area contributed by atoms with Crippen LogP contribution in [0.5, 0.6) is 0 Å². The molecule has 0 bridgehead atoms. The monoisotopic (exact) mass is 329 g/mol. The molecule has 0 saturated heterocycles. The number of carbonyl (C=O) groups is 2. The van der Waals surface area contributed by atoms with Gasteiger partial charge in [-0.1, -0.05) is 0 Å². The van der Waals surface area contributed by atoms with E-state index in [0.29, 0.717) is 28.9 Å². The molecule has 0 saturated carbocycles. The number of ether oxygens (including phenoxy) is 2. The quantitative estimate of drug-likeness (QED) is 0.815. The van der Waals surface area contributed by atoms with Crippen LogP contribution in [-0.4, -0.2) is 32.2 Å². The van der Waals surface area contributed by atoms with Crippen LogP contribution in [0.1, 0.15) is 23.7 Å². The summed E-state index contributed by atoms with van der Waals surface area (Å²) in [5, 5.41) is 2.73. The van der Waals surface area contributed by atoms with E-state index in [-0.39, 0.29) is 18.3 Å². The SMILES string of the molecule is CCOC(=O)c1ccc(NC(=O)CCOC)c(Br)c1. The summed E-state index contributed by atoms with van der Waals surface area (Å²) in [5.41, 5.74) is 1.04. The number of esters is 1. The van der Waals surface area contributed by atoms with Gasteiger partial charge in [-0.05, 0) is 41.1 Å². The number of anilines is 1. The van der Waals surface area contributed by atoms with Gasteiger partial charge in [0.2, 0.25) is 5.91 Å². The zero-order chi connectivity index (χ0) is 14.3. The first-order chi connectivity index (χ1) is 9.08. The minimum atomic E-state index is -0.388. The first kappa shape index (κ1) is 15.7. The number of rotatable bonds is 6. The van der Waals surface area contributed by atoms with Crippen LogP contribution < -0.4 is 5.32 Å². The average molecular weight is 330 g/mol. The molecule has 0 aliphatic rings. The third-order valence-corrected chi connectivity index (χ3v) is 2.94. The molecule has 0 heterocycles. The summed E-state index contributed by atoms with van der Waals surface area (Å²) in [4.78, 5) is 23.1. The van der Waals surface area contributed by atoms with Gasteiger partial charge < -0.3 is 14.8 Å². The van der Waals surface area contributed by atoms with Gasteiger partial charge in [0, 0.05) is 11.6 Å². The van der Waals surface area contributed by atoms with Gasteiger partial charge in [-0.3, -0.25) is 4.79 Å². The molecule has 0 atom stereocenters. The van der Waals surface area contributed by atoms with E-state index >= 15 is 0 Å². The summed E-state index contributed by atoms with van der Waals surface area (Å²) < 4.78 is 10.3. The third-order valence-electron chi connectivity index (χ3n) is 2.29. The van der Waals surface area contributed by atoms with Crippen molar-refractivity contribution in [3.8, 4) is 0 Å². The number of nitrogens with one attached hydrogen (secondary N) is 1. The molecule has 6 heteroatoms. The number of hydrogen-bond acceptors (Lipinski definition) is 4. The van der Waals surface area contributed by atoms with Crippen molar-refractivity contribution in [2.24, 2.45) is 0 Å². The van der Waals surface area contributed by atoms with Crippen molar-refractivity contribution < 1.29 is 19.1 Å². The lowest BCUT2D eigenvalue weighted by Gasteiger charge is -2.09. The molecule has 0 aliphatic carbocycles. The molecule has 1 aromatic carbocycles. The Kier molecular flexibility index (Phi) is 6.52. The Morgan fingerprint density at radius 1 is 1.37 bits per heavy atom. The van der Waals surface area contributed by atoms with Crippen molar-refractivity contribution in [1.82, 2.24) is 0 Å². The second-order valence-corrected chi connectivity index (χ2v) is 4.56. The summed E-state index contributed by atoms with van der Waals surface area (Å²) in [6, 6.07) is 4.87. The molecule has 1 rings (SSSR count). The Morgan fingerprint density at radius 2 is 2.11 bits per heavy atom. The van der Waals surface area contributed by atoms with Crippen LogP contribution >= 0.6 is 15.9 Å². The fourth-order valence-corrected chi connectivity index (χ4v) is 1.84. The maximum atomic E-state index is 11.5. The predicted octanol–water partition coefficient (Wildman–Crippen LogP) is 2.60. The van der Waals surface area contributed by atoms with Gasteiger partial charge in [-0.2, -0.15) is 0 Å². The lowest BCUT2D eigenvalue weighted by Crippen LogP contribution is -2.14. The summed E-state index contributed by atoms with van der Waals surface area (Å²) in [7, 11) is 1.54. The van der Waals surface area contributed by atoms with Gasteiger partial charge in [0.05, 0.1) is 30.9 Å².